The molecule has 16 heavy (non-hydrogen) atoms. The summed E-state index contributed by atoms with van der Waals surface area (Å²) in [6.45, 7) is 0. The van der Waals surface area contributed by atoms with Crippen LogP contribution in [0.25, 0.3) is 0 Å². The molecule has 6 heteroatoms. The van der Waals surface area contributed by atoms with Gasteiger partial charge in [0.05, 0.1) is 5.97 Å². The Kier molecular flexibility index (Phi) is 4.91. The van der Waals surface area contributed by atoms with E-state index >= 15 is 0 Å². The third kappa shape index (κ3) is 3.98. The number of aromatic nitrogens is 1. The molecular weight excluding hydrogens is 236 g/mol. The molecule has 0 aliphatic rings. The molecule has 0 radical (unpaired) electrons. The fourth-order valence-electron chi connectivity index (χ4n) is 0.985. The molecule has 1 aromatic heterocycles. The fourth-order valence-corrected chi connectivity index (χ4v) is 1.86. The van der Waals surface area contributed by atoms with E-state index in [1.165, 1.54) is 18.3 Å². The highest BCUT2D eigenvalue weighted by atomic mass is 32.2. The summed E-state index contributed by atoms with van der Waals surface area (Å²) in [4.78, 5) is 14.5. The zero-order chi connectivity index (χ0) is 12.0. The molecule has 0 aliphatic carbocycles. The summed E-state index contributed by atoms with van der Waals surface area (Å²) in [5.41, 5.74) is -0.0165. The van der Waals surface area contributed by atoms with Gasteiger partial charge in [0, 0.05) is 17.5 Å². The molecule has 0 fully saturated rings. The van der Waals surface area contributed by atoms with Gasteiger partial charge in [-0.1, -0.05) is 0 Å². The summed E-state index contributed by atoms with van der Waals surface area (Å²) >= 11 is 1.11. The SMILES string of the molecule is O=C([O-])c1cccnc1SCCC=C(F)F. The summed E-state index contributed by atoms with van der Waals surface area (Å²) < 4.78 is 23.4. The molecule has 86 valence electrons. The van der Waals surface area contributed by atoms with E-state index in [1.807, 2.05) is 0 Å². The first kappa shape index (κ1) is 12.6. The molecule has 0 aliphatic heterocycles. The Bertz CT molecular complexity index is 406. The molecule has 0 unspecified atom stereocenters. The van der Waals surface area contributed by atoms with E-state index in [0.717, 1.165) is 17.8 Å². The topological polar surface area (TPSA) is 53.0 Å². The van der Waals surface area contributed by atoms with E-state index in [0.29, 0.717) is 5.75 Å². The van der Waals surface area contributed by atoms with Crippen LogP contribution in [0.4, 0.5) is 8.78 Å². The zero-order valence-electron chi connectivity index (χ0n) is 8.15. The first-order valence-corrected chi connectivity index (χ1v) is 5.40. The van der Waals surface area contributed by atoms with Crippen molar-refractivity contribution in [3.8, 4) is 0 Å². The number of hydrogen-bond acceptors (Lipinski definition) is 4. The third-order valence-corrected chi connectivity index (χ3v) is 2.68. The Morgan fingerprint density at radius 2 is 2.31 bits per heavy atom. The van der Waals surface area contributed by atoms with Crippen LogP contribution in [0.15, 0.2) is 35.5 Å². The average molecular weight is 244 g/mol. The number of nitrogens with zero attached hydrogens (tertiary/aromatic N) is 1. The number of aromatic carboxylic acids is 1. The number of pyridine rings is 1. The van der Waals surface area contributed by atoms with E-state index in [4.69, 9.17) is 0 Å². The maximum Gasteiger partial charge on any atom is 0.266 e. The third-order valence-electron chi connectivity index (χ3n) is 1.65. The van der Waals surface area contributed by atoms with Crippen molar-refractivity contribution in [1.29, 1.82) is 0 Å². The van der Waals surface area contributed by atoms with E-state index in [2.05, 4.69) is 4.98 Å². The van der Waals surface area contributed by atoms with Crippen molar-refractivity contribution in [1.82, 2.24) is 4.98 Å². The van der Waals surface area contributed by atoms with Crippen molar-refractivity contribution in [2.45, 2.75) is 11.4 Å². The maximum absolute atomic E-state index is 11.7. The van der Waals surface area contributed by atoms with Gasteiger partial charge < -0.3 is 9.90 Å². The normalized spacial score (nSPS) is 9.88. The molecule has 1 rings (SSSR count). The van der Waals surface area contributed by atoms with Crippen molar-refractivity contribution < 1.29 is 18.7 Å². The van der Waals surface area contributed by atoms with E-state index in [9.17, 15) is 18.7 Å². The number of rotatable bonds is 5. The second-order valence-electron chi connectivity index (χ2n) is 2.77. The van der Waals surface area contributed by atoms with Crippen molar-refractivity contribution in [3.05, 3.63) is 36.0 Å². The number of carboxylic acids is 1. The molecular formula is C10H8F2NO2S-. The maximum atomic E-state index is 11.7. The Morgan fingerprint density at radius 3 is 2.94 bits per heavy atom. The van der Waals surface area contributed by atoms with Gasteiger partial charge in [0.2, 0.25) is 0 Å². The Morgan fingerprint density at radius 1 is 1.56 bits per heavy atom. The highest BCUT2D eigenvalue weighted by Gasteiger charge is 2.04. The summed E-state index contributed by atoms with van der Waals surface area (Å²) in [5, 5.41) is 11.0. The van der Waals surface area contributed by atoms with Gasteiger partial charge in [-0.3, -0.25) is 0 Å². The zero-order valence-corrected chi connectivity index (χ0v) is 8.97. The van der Waals surface area contributed by atoms with Crippen LogP contribution in [-0.4, -0.2) is 16.7 Å². The minimum atomic E-state index is -1.73. The van der Waals surface area contributed by atoms with Crippen LogP contribution in [0.1, 0.15) is 16.8 Å². The van der Waals surface area contributed by atoms with Gasteiger partial charge in [0.15, 0.2) is 0 Å². The summed E-state index contributed by atoms with van der Waals surface area (Å²) in [7, 11) is 0. The lowest BCUT2D eigenvalue weighted by Crippen LogP contribution is -2.23. The predicted octanol–water partition coefficient (Wildman–Crippen LogP) is 1.71. The van der Waals surface area contributed by atoms with Gasteiger partial charge in [-0.2, -0.15) is 8.78 Å². The van der Waals surface area contributed by atoms with Crippen molar-refractivity contribution >= 4 is 17.7 Å². The molecule has 0 bridgehead atoms. The second kappa shape index (κ2) is 6.22. The van der Waals surface area contributed by atoms with Crippen molar-refractivity contribution in [2.75, 3.05) is 5.75 Å². The van der Waals surface area contributed by atoms with Crippen molar-refractivity contribution in [3.63, 3.8) is 0 Å². The number of thioether (sulfide) groups is 1. The smallest absolute Gasteiger partial charge is 0.266 e. The number of carbonyl (C=O) groups excluding carboxylic acids is 1. The second-order valence-corrected chi connectivity index (χ2v) is 3.86. The van der Waals surface area contributed by atoms with Gasteiger partial charge in [-0.25, -0.2) is 4.98 Å². The minimum Gasteiger partial charge on any atom is -0.545 e. The van der Waals surface area contributed by atoms with Crippen molar-refractivity contribution in [2.24, 2.45) is 0 Å². The number of carbonyl (C=O) groups is 1. The minimum absolute atomic E-state index is 0.0165. The van der Waals surface area contributed by atoms with E-state index in [-0.39, 0.29) is 17.0 Å². The molecule has 0 saturated carbocycles. The molecule has 0 N–H and O–H groups in total. The van der Waals surface area contributed by atoms with Crippen LogP contribution in [0.2, 0.25) is 0 Å². The Hall–Kier alpha value is -1.43. The molecule has 3 nitrogen and oxygen atoms in total. The molecule has 0 saturated heterocycles. The van der Waals surface area contributed by atoms with Crippen LogP contribution in [-0.2, 0) is 0 Å². The fraction of sp³-hybridized carbons (Fsp3) is 0.200. The van der Waals surface area contributed by atoms with Gasteiger partial charge in [-0.15, -0.1) is 11.8 Å². The monoisotopic (exact) mass is 244 g/mol. The predicted molar refractivity (Wildman–Crippen MR) is 54.2 cm³/mol. The Balaban J connectivity index is 2.60. The standard InChI is InChI=1S/C10H9F2NO2S/c11-8(12)4-2-6-16-9-7(10(14)15)3-1-5-13-9/h1,3-5H,2,6H2,(H,14,15)/p-1. The Labute approximate surface area is 95.2 Å². The molecule has 1 heterocycles. The lowest BCUT2D eigenvalue weighted by atomic mass is 10.3. The molecule has 0 spiro atoms. The van der Waals surface area contributed by atoms with Crippen LogP contribution in [0.5, 0.6) is 0 Å². The number of halogens is 2. The van der Waals surface area contributed by atoms with Crippen LogP contribution in [0.3, 0.4) is 0 Å². The number of allylic oxidation sites excluding steroid dienone is 1. The number of hydrogen-bond donors (Lipinski definition) is 0. The highest BCUT2D eigenvalue weighted by Crippen LogP contribution is 2.20. The lowest BCUT2D eigenvalue weighted by Gasteiger charge is -2.07. The van der Waals surface area contributed by atoms with E-state index in [1.54, 1.807) is 0 Å². The van der Waals surface area contributed by atoms with Crippen LogP contribution >= 0.6 is 11.8 Å². The number of carboxylic acid groups (broad SMARTS) is 1. The summed E-state index contributed by atoms with van der Waals surface area (Å²) in [6.07, 6.45) is 0.659. The largest absolute Gasteiger partial charge is 0.545 e. The van der Waals surface area contributed by atoms with Gasteiger partial charge >= 0.3 is 0 Å². The summed E-state index contributed by atoms with van der Waals surface area (Å²) in [5.74, 6) is -0.975. The summed E-state index contributed by atoms with van der Waals surface area (Å²) in [6, 6.07) is 2.85. The van der Waals surface area contributed by atoms with Crippen LogP contribution < -0.4 is 5.11 Å². The lowest BCUT2D eigenvalue weighted by molar-refractivity contribution is -0.255. The first-order valence-electron chi connectivity index (χ1n) is 4.41. The average Bonchev–Trinajstić information content (AvgIpc) is 2.24. The molecule has 0 atom stereocenters. The first-order chi connectivity index (χ1) is 7.61. The highest BCUT2D eigenvalue weighted by molar-refractivity contribution is 7.99. The van der Waals surface area contributed by atoms with E-state index < -0.39 is 12.0 Å². The molecule has 0 amide bonds. The van der Waals surface area contributed by atoms with Crippen LogP contribution in [0, 0.1) is 0 Å². The quantitative estimate of drug-likeness (QED) is 0.584. The molecule has 0 aromatic carbocycles. The molecule has 1 aromatic rings. The van der Waals surface area contributed by atoms with Gasteiger partial charge in [0.1, 0.15) is 5.03 Å². The van der Waals surface area contributed by atoms with Gasteiger partial charge in [0.25, 0.3) is 6.08 Å². The van der Waals surface area contributed by atoms with Gasteiger partial charge in [-0.05, 0) is 24.6 Å².